The van der Waals surface area contributed by atoms with Gasteiger partial charge in [0.15, 0.2) is 0 Å². The Balaban J connectivity index is 2.68. The van der Waals surface area contributed by atoms with Gasteiger partial charge in [-0.15, -0.1) is 0 Å². The van der Waals surface area contributed by atoms with Gasteiger partial charge in [0.1, 0.15) is 0 Å². The van der Waals surface area contributed by atoms with Crippen LogP contribution in [-0.2, 0) is 11.3 Å². The number of likely N-dealkylation sites (N-methyl/N-ethyl adjacent to an activating group) is 1. The Kier molecular flexibility index (Phi) is 4.33. The highest BCUT2D eigenvalue weighted by Crippen LogP contribution is 2.13. The van der Waals surface area contributed by atoms with Crippen LogP contribution in [0.25, 0.3) is 0 Å². The molecule has 0 fully saturated rings. The number of carbonyl (C=O) groups is 1. The summed E-state index contributed by atoms with van der Waals surface area (Å²) in [6.07, 6.45) is 1.45. The van der Waals surface area contributed by atoms with E-state index in [0.717, 1.165) is 5.56 Å². The van der Waals surface area contributed by atoms with E-state index in [4.69, 9.17) is 9.52 Å². The highest BCUT2D eigenvalue weighted by atomic mass is 16.5. The molecule has 1 N–H and O–H groups in total. The Labute approximate surface area is 88.2 Å². The first-order valence-electron chi connectivity index (χ1n) is 4.63. The molecule has 0 amide bonds. The Morgan fingerprint density at radius 3 is 3.00 bits per heavy atom. The third-order valence-corrected chi connectivity index (χ3v) is 2.04. The third-order valence-electron chi connectivity index (χ3n) is 2.04. The molecule has 0 saturated heterocycles. The van der Waals surface area contributed by atoms with E-state index in [2.05, 4.69) is 4.74 Å². The summed E-state index contributed by atoms with van der Waals surface area (Å²) < 4.78 is 9.61. The van der Waals surface area contributed by atoms with Crippen LogP contribution >= 0.6 is 0 Å². The van der Waals surface area contributed by atoms with E-state index in [1.807, 2.05) is 11.9 Å². The fraction of sp³-hybridized carbons (Fsp3) is 0.500. The Morgan fingerprint density at radius 1 is 1.67 bits per heavy atom. The lowest BCUT2D eigenvalue weighted by Crippen LogP contribution is -2.22. The van der Waals surface area contributed by atoms with Crippen molar-refractivity contribution in [3.63, 3.8) is 0 Å². The van der Waals surface area contributed by atoms with Crippen molar-refractivity contribution in [3.05, 3.63) is 23.7 Å². The van der Waals surface area contributed by atoms with Gasteiger partial charge in [-0.3, -0.25) is 4.90 Å². The molecule has 0 aromatic carbocycles. The molecule has 0 bridgehead atoms. The van der Waals surface area contributed by atoms with Gasteiger partial charge in [-0.2, -0.15) is 0 Å². The number of nitrogens with zero attached hydrogens (tertiary/aromatic N) is 1. The van der Waals surface area contributed by atoms with E-state index in [1.54, 1.807) is 6.07 Å². The quantitative estimate of drug-likeness (QED) is 0.721. The van der Waals surface area contributed by atoms with Crippen molar-refractivity contribution < 1.29 is 19.1 Å². The van der Waals surface area contributed by atoms with E-state index in [1.165, 1.54) is 13.4 Å². The maximum atomic E-state index is 11.3. The molecule has 0 atom stereocenters. The number of methoxy groups -OCH3 is 1. The standard InChI is InChI=1S/C10H15NO4/c1-11(4-5-12)7-8-3-6-15-9(8)10(13)14-2/h3,6,12H,4-5,7H2,1-2H3. The zero-order valence-electron chi connectivity index (χ0n) is 8.90. The van der Waals surface area contributed by atoms with Crippen LogP contribution in [0, 0.1) is 0 Å². The molecule has 0 aliphatic rings. The van der Waals surface area contributed by atoms with E-state index >= 15 is 0 Å². The number of ether oxygens (including phenoxy) is 1. The summed E-state index contributed by atoms with van der Waals surface area (Å²) in [7, 11) is 3.16. The van der Waals surface area contributed by atoms with Crippen LogP contribution in [0.15, 0.2) is 16.7 Å². The topological polar surface area (TPSA) is 62.9 Å². The first kappa shape index (κ1) is 11.7. The second-order valence-electron chi connectivity index (χ2n) is 3.23. The molecule has 15 heavy (non-hydrogen) atoms. The zero-order valence-corrected chi connectivity index (χ0v) is 8.90. The van der Waals surface area contributed by atoms with Gasteiger partial charge in [-0.25, -0.2) is 4.79 Å². The second kappa shape index (κ2) is 5.53. The number of hydrogen-bond donors (Lipinski definition) is 1. The molecule has 0 saturated carbocycles. The number of carbonyl (C=O) groups excluding carboxylic acids is 1. The summed E-state index contributed by atoms with van der Waals surface area (Å²) in [5.41, 5.74) is 0.762. The smallest absolute Gasteiger partial charge is 0.374 e. The van der Waals surface area contributed by atoms with Crippen LogP contribution in [0.1, 0.15) is 16.1 Å². The fourth-order valence-electron chi connectivity index (χ4n) is 1.27. The molecule has 1 rings (SSSR count). The van der Waals surface area contributed by atoms with Gasteiger partial charge >= 0.3 is 5.97 Å². The molecule has 5 nitrogen and oxygen atoms in total. The summed E-state index contributed by atoms with van der Waals surface area (Å²) in [5, 5.41) is 8.73. The minimum atomic E-state index is -0.479. The van der Waals surface area contributed by atoms with Crippen LogP contribution < -0.4 is 0 Å². The normalized spacial score (nSPS) is 10.7. The van der Waals surface area contributed by atoms with Gasteiger partial charge in [-0.1, -0.05) is 0 Å². The molecule has 0 spiro atoms. The molecular formula is C10H15NO4. The Hall–Kier alpha value is -1.33. The van der Waals surface area contributed by atoms with Crippen molar-refractivity contribution in [1.29, 1.82) is 0 Å². The van der Waals surface area contributed by atoms with Gasteiger partial charge in [-0.05, 0) is 13.1 Å². The van der Waals surface area contributed by atoms with Gasteiger partial charge in [0.05, 0.1) is 20.0 Å². The van der Waals surface area contributed by atoms with Crippen molar-refractivity contribution in [3.8, 4) is 0 Å². The second-order valence-corrected chi connectivity index (χ2v) is 3.23. The van der Waals surface area contributed by atoms with Gasteiger partial charge in [0.25, 0.3) is 0 Å². The summed E-state index contributed by atoms with van der Waals surface area (Å²) in [6.45, 7) is 1.18. The van der Waals surface area contributed by atoms with Crippen molar-refractivity contribution in [1.82, 2.24) is 4.90 Å². The first-order valence-corrected chi connectivity index (χ1v) is 4.63. The molecule has 0 unspecified atom stereocenters. The number of furan rings is 1. The van der Waals surface area contributed by atoms with Crippen molar-refractivity contribution in [2.75, 3.05) is 27.3 Å². The molecular weight excluding hydrogens is 198 g/mol. The lowest BCUT2D eigenvalue weighted by molar-refractivity contribution is 0.0562. The third kappa shape index (κ3) is 3.07. The largest absolute Gasteiger partial charge is 0.463 e. The number of esters is 1. The Morgan fingerprint density at radius 2 is 2.40 bits per heavy atom. The minimum absolute atomic E-state index is 0.0852. The lowest BCUT2D eigenvalue weighted by atomic mass is 10.2. The molecule has 84 valence electrons. The fourth-order valence-corrected chi connectivity index (χ4v) is 1.27. The van der Waals surface area contributed by atoms with E-state index in [-0.39, 0.29) is 12.4 Å². The van der Waals surface area contributed by atoms with Crippen molar-refractivity contribution in [2.24, 2.45) is 0 Å². The summed E-state index contributed by atoms with van der Waals surface area (Å²) in [4.78, 5) is 13.1. The highest BCUT2D eigenvalue weighted by molar-refractivity contribution is 5.87. The number of aliphatic hydroxyl groups is 1. The summed E-state index contributed by atoms with van der Waals surface area (Å²) in [5.74, 6) is -0.255. The molecule has 1 aromatic heterocycles. The van der Waals surface area contributed by atoms with Crippen molar-refractivity contribution >= 4 is 5.97 Å². The Bertz CT molecular complexity index is 321. The SMILES string of the molecule is COC(=O)c1occc1CN(C)CCO. The molecule has 1 heterocycles. The average Bonchev–Trinajstić information content (AvgIpc) is 2.65. The minimum Gasteiger partial charge on any atom is -0.463 e. The van der Waals surface area contributed by atoms with Crippen LogP contribution in [0.5, 0.6) is 0 Å². The summed E-state index contributed by atoms with van der Waals surface area (Å²) in [6, 6.07) is 1.72. The van der Waals surface area contributed by atoms with E-state index < -0.39 is 5.97 Å². The lowest BCUT2D eigenvalue weighted by Gasteiger charge is -2.13. The molecule has 1 aromatic rings. The van der Waals surface area contributed by atoms with Gasteiger partial charge in [0, 0.05) is 18.7 Å². The van der Waals surface area contributed by atoms with Crippen LogP contribution in [0.2, 0.25) is 0 Å². The molecule has 0 aliphatic carbocycles. The first-order chi connectivity index (χ1) is 7.19. The van der Waals surface area contributed by atoms with Crippen LogP contribution in [0.4, 0.5) is 0 Å². The predicted molar refractivity (Wildman–Crippen MR) is 53.5 cm³/mol. The number of hydrogen-bond acceptors (Lipinski definition) is 5. The maximum Gasteiger partial charge on any atom is 0.374 e. The molecule has 0 radical (unpaired) electrons. The number of rotatable bonds is 5. The van der Waals surface area contributed by atoms with Crippen LogP contribution in [-0.4, -0.2) is 43.3 Å². The van der Waals surface area contributed by atoms with E-state index in [9.17, 15) is 4.79 Å². The number of aliphatic hydroxyl groups excluding tert-OH is 1. The van der Waals surface area contributed by atoms with Crippen LogP contribution in [0.3, 0.4) is 0 Å². The molecule has 5 heteroatoms. The van der Waals surface area contributed by atoms with E-state index in [0.29, 0.717) is 13.1 Å². The average molecular weight is 213 g/mol. The van der Waals surface area contributed by atoms with Crippen molar-refractivity contribution in [2.45, 2.75) is 6.54 Å². The molecule has 0 aliphatic heterocycles. The van der Waals surface area contributed by atoms with Gasteiger partial charge < -0.3 is 14.3 Å². The monoisotopic (exact) mass is 213 g/mol. The predicted octanol–water partition coefficient (Wildman–Crippen LogP) is 0.490. The maximum absolute atomic E-state index is 11.3. The highest BCUT2D eigenvalue weighted by Gasteiger charge is 2.16. The van der Waals surface area contributed by atoms with Gasteiger partial charge in [0.2, 0.25) is 5.76 Å². The summed E-state index contributed by atoms with van der Waals surface area (Å²) >= 11 is 0. The zero-order chi connectivity index (χ0) is 11.3.